The molecule has 2 heterocycles. The Hall–Kier alpha value is -2.93. The monoisotopic (exact) mass is 385 g/mol. The molecule has 27 heavy (non-hydrogen) atoms. The highest BCUT2D eigenvalue weighted by Gasteiger charge is 2.27. The second-order valence-electron chi connectivity index (χ2n) is 6.28. The molecule has 1 atom stereocenters. The van der Waals surface area contributed by atoms with Gasteiger partial charge in [-0.25, -0.2) is 9.97 Å². The Balaban J connectivity index is 1.59. The third kappa shape index (κ3) is 4.62. The Morgan fingerprint density at radius 1 is 1.33 bits per heavy atom. The van der Waals surface area contributed by atoms with Crippen LogP contribution in [0.1, 0.15) is 22.5 Å². The van der Waals surface area contributed by atoms with E-state index in [1.807, 2.05) is 6.92 Å². The van der Waals surface area contributed by atoms with Crippen molar-refractivity contribution in [2.75, 3.05) is 23.7 Å². The zero-order valence-electron chi connectivity index (χ0n) is 14.9. The maximum Gasteiger partial charge on any atom is 0.253 e. The fourth-order valence-corrected chi connectivity index (χ4v) is 2.93. The highest BCUT2D eigenvalue weighted by molar-refractivity contribution is 6.31. The molecule has 0 radical (unpaired) electrons. The fraction of sp³-hybridized carbons (Fsp3) is 0.263. The summed E-state index contributed by atoms with van der Waals surface area (Å²) in [5.41, 5.74) is 1.90. The summed E-state index contributed by atoms with van der Waals surface area (Å²) in [6.07, 6.45) is 3.57. The first-order valence-electron chi connectivity index (χ1n) is 8.54. The van der Waals surface area contributed by atoms with Crippen molar-refractivity contribution >= 4 is 35.1 Å². The van der Waals surface area contributed by atoms with E-state index in [0.29, 0.717) is 41.0 Å². The second kappa shape index (κ2) is 8.18. The molecule has 0 aliphatic carbocycles. The minimum absolute atomic E-state index is 0.0471. The summed E-state index contributed by atoms with van der Waals surface area (Å²) in [5, 5.41) is 6.43. The van der Waals surface area contributed by atoms with Gasteiger partial charge in [0, 0.05) is 30.4 Å². The molecule has 0 bridgehead atoms. The number of benzene rings is 1. The molecule has 2 N–H and O–H groups in total. The topological polar surface area (TPSA) is 87.2 Å². The minimum Gasteiger partial charge on any atom is -0.350 e. The first-order valence-corrected chi connectivity index (χ1v) is 8.92. The Bertz CT molecular complexity index is 869. The fourth-order valence-electron chi connectivity index (χ4n) is 2.84. The van der Waals surface area contributed by atoms with E-state index in [-0.39, 0.29) is 17.9 Å². The van der Waals surface area contributed by atoms with Gasteiger partial charge in [0.15, 0.2) is 0 Å². The number of carbonyl (C=O) groups is 2. The van der Waals surface area contributed by atoms with Crippen LogP contribution in [0.25, 0.3) is 0 Å². The molecule has 0 spiro atoms. The molecule has 140 valence electrons. The van der Waals surface area contributed by atoms with Crippen LogP contribution in [-0.2, 0) is 4.79 Å². The molecule has 3 rings (SSSR count). The van der Waals surface area contributed by atoms with Crippen LogP contribution >= 0.6 is 11.6 Å². The van der Waals surface area contributed by atoms with Crippen LogP contribution in [0.5, 0.6) is 0 Å². The van der Waals surface area contributed by atoms with E-state index in [0.717, 1.165) is 6.42 Å². The van der Waals surface area contributed by atoms with E-state index in [9.17, 15) is 9.59 Å². The Kier molecular flexibility index (Phi) is 5.71. The maximum atomic E-state index is 12.7. The van der Waals surface area contributed by atoms with Gasteiger partial charge in [-0.3, -0.25) is 9.59 Å². The lowest BCUT2D eigenvalue weighted by molar-refractivity contribution is -0.111. The van der Waals surface area contributed by atoms with Gasteiger partial charge < -0.3 is 15.5 Å². The second-order valence-corrected chi connectivity index (χ2v) is 6.69. The molecule has 8 heteroatoms. The van der Waals surface area contributed by atoms with Gasteiger partial charge >= 0.3 is 0 Å². The summed E-state index contributed by atoms with van der Waals surface area (Å²) >= 11 is 5.94. The largest absolute Gasteiger partial charge is 0.350 e. The number of hydrogen-bond acceptors (Lipinski definition) is 5. The number of nitrogens with one attached hydrogen (secondary N) is 2. The summed E-state index contributed by atoms with van der Waals surface area (Å²) in [6.45, 7) is 6.45. The number of rotatable bonds is 5. The van der Waals surface area contributed by atoms with Gasteiger partial charge in [0.05, 0.1) is 16.9 Å². The van der Waals surface area contributed by atoms with Crippen molar-refractivity contribution < 1.29 is 9.59 Å². The van der Waals surface area contributed by atoms with Crippen LogP contribution < -0.4 is 10.6 Å². The lowest BCUT2D eigenvalue weighted by Crippen LogP contribution is -2.31. The predicted octanol–water partition coefficient (Wildman–Crippen LogP) is 2.89. The van der Waals surface area contributed by atoms with E-state index in [1.165, 1.54) is 6.08 Å². The number of likely N-dealkylation sites (tertiary alicyclic amines) is 1. The zero-order chi connectivity index (χ0) is 19.4. The van der Waals surface area contributed by atoms with Gasteiger partial charge in [-0.15, -0.1) is 0 Å². The van der Waals surface area contributed by atoms with Crippen molar-refractivity contribution in [2.45, 2.75) is 19.4 Å². The number of carbonyl (C=O) groups excluding carboxylic acids is 2. The average molecular weight is 386 g/mol. The van der Waals surface area contributed by atoms with Crippen LogP contribution in [0.3, 0.4) is 0 Å². The van der Waals surface area contributed by atoms with Crippen molar-refractivity contribution in [3.63, 3.8) is 0 Å². The van der Waals surface area contributed by atoms with E-state index >= 15 is 0 Å². The van der Waals surface area contributed by atoms with Gasteiger partial charge in [-0.2, -0.15) is 0 Å². The first kappa shape index (κ1) is 18.8. The van der Waals surface area contributed by atoms with Crippen molar-refractivity contribution in [1.29, 1.82) is 0 Å². The number of hydrogen-bond donors (Lipinski definition) is 2. The summed E-state index contributed by atoms with van der Waals surface area (Å²) in [6, 6.07) is 6.89. The van der Waals surface area contributed by atoms with Crippen molar-refractivity contribution in [3.8, 4) is 0 Å². The van der Waals surface area contributed by atoms with Gasteiger partial charge in [0.25, 0.3) is 5.91 Å². The summed E-state index contributed by atoms with van der Waals surface area (Å²) in [5.74, 6) is 0.176. The third-order valence-electron chi connectivity index (χ3n) is 4.31. The molecule has 2 aromatic rings. The van der Waals surface area contributed by atoms with E-state index in [1.54, 1.807) is 35.4 Å². The lowest BCUT2D eigenvalue weighted by atomic mass is 10.2. The van der Waals surface area contributed by atoms with Crippen molar-refractivity contribution in [2.24, 2.45) is 0 Å². The number of amides is 2. The van der Waals surface area contributed by atoms with E-state index in [4.69, 9.17) is 11.6 Å². The van der Waals surface area contributed by atoms with Crippen LogP contribution in [0.15, 0.2) is 43.1 Å². The SMILES string of the molecule is C=CC(=O)Nc1ccc(C(=O)N2CC[C@@H](Nc3ncc(Cl)c(C)n3)C2)cc1. The van der Waals surface area contributed by atoms with E-state index in [2.05, 4.69) is 27.2 Å². The summed E-state index contributed by atoms with van der Waals surface area (Å²) in [7, 11) is 0. The van der Waals surface area contributed by atoms with Crippen molar-refractivity contribution in [1.82, 2.24) is 14.9 Å². The van der Waals surface area contributed by atoms with Gasteiger partial charge in [0.1, 0.15) is 0 Å². The molecule has 1 aliphatic heterocycles. The smallest absolute Gasteiger partial charge is 0.253 e. The number of halogens is 1. The molecular formula is C19H20ClN5O2. The first-order chi connectivity index (χ1) is 13.0. The number of anilines is 2. The Morgan fingerprint density at radius 3 is 2.74 bits per heavy atom. The predicted molar refractivity (Wildman–Crippen MR) is 105 cm³/mol. The van der Waals surface area contributed by atoms with Crippen molar-refractivity contribution in [3.05, 3.63) is 59.4 Å². The molecule has 2 amide bonds. The molecule has 0 saturated carbocycles. The van der Waals surface area contributed by atoms with Gasteiger partial charge in [-0.1, -0.05) is 18.2 Å². The molecule has 0 unspecified atom stereocenters. The molecule has 1 fully saturated rings. The highest BCUT2D eigenvalue weighted by atomic mass is 35.5. The molecule has 1 aromatic heterocycles. The van der Waals surface area contributed by atoms with E-state index < -0.39 is 0 Å². The molecule has 7 nitrogen and oxygen atoms in total. The lowest BCUT2D eigenvalue weighted by Gasteiger charge is -2.17. The summed E-state index contributed by atoms with van der Waals surface area (Å²) in [4.78, 5) is 34.3. The van der Waals surface area contributed by atoms with Gasteiger partial charge in [-0.05, 0) is 43.7 Å². The van der Waals surface area contributed by atoms with Crippen LogP contribution in [0.4, 0.5) is 11.6 Å². The van der Waals surface area contributed by atoms with Crippen LogP contribution in [0, 0.1) is 6.92 Å². The van der Waals surface area contributed by atoms with Gasteiger partial charge in [0.2, 0.25) is 11.9 Å². The summed E-state index contributed by atoms with van der Waals surface area (Å²) < 4.78 is 0. The highest BCUT2D eigenvalue weighted by Crippen LogP contribution is 2.19. The minimum atomic E-state index is -0.290. The standard InChI is InChI=1S/C19H20ClN5O2/c1-3-17(26)23-14-6-4-13(5-7-14)18(27)25-9-8-15(11-25)24-19-21-10-16(20)12(2)22-19/h3-7,10,15H,1,8-9,11H2,2H3,(H,23,26)(H,21,22,24)/t15-/m1/s1. The molecule has 1 aromatic carbocycles. The molecule has 1 aliphatic rings. The molecule has 1 saturated heterocycles. The average Bonchev–Trinajstić information content (AvgIpc) is 3.13. The quantitative estimate of drug-likeness (QED) is 0.773. The molecular weight excluding hydrogens is 366 g/mol. The maximum absolute atomic E-state index is 12.7. The van der Waals surface area contributed by atoms with Crippen LogP contribution in [-0.4, -0.2) is 45.8 Å². The number of aryl methyl sites for hydroxylation is 1. The van der Waals surface area contributed by atoms with Crippen LogP contribution in [0.2, 0.25) is 5.02 Å². The number of aromatic nitrogens is 2. The third-order valence-corrected chi connectivity index (χ3v) is 4.68. The Labute approximate surface area is 162 Å². The Morgan fingerprint density at radius 2 is 2.07 bits per heavy atom. The normalized spacial score (nSPS) is 16.1. The number of nitrogens with zero attached hydrogens (tertiary/aromatic N) is 3. The zero-order valence-corrected chi connectivity index (χ0v) is 15.7.